The number of rotatable bonds is 6. The molecule has 0 amide bonds. The molecule has 0 bridgehead atoms. The van der Waals surface area contributed by atoms with E-state index in [0.29, 0.717) is 53.9 Å². The molecule has 2 heterocycles. The van der Waals surface area contributed by atoms with Crippen LogP contribution in [0.15, 0.2) is 24.4 Å². The van der Waals surface area contributed by atoms with Gasteiger partial charge in [0, 0.05) is 35.3 Å². The van der Waals surface area contributed by atoms with E-state index in [2.05, 4.69) is 24.1 Å². The first-order chi connectivity index (χ1) is 12.0. The number of aromatic carboxylic acids is 1. The van der Waals surface area contributed by atoms with Crippen molar-refractivity contribution in [2.24, 2.45) is 5.92 Å². The zero-order chi connectivity index (χ0) is 18.0. The van der Waals surface area contributed by atoms with E-state index in [4.69, 9.17) is 16.3 Å². The van der Waals surface area contributed by atoms with Gasteiger partial charge in [0.15, 0.2) is 0 Å². The van der Waals surface area contributed by atoms with Crippen LogP contribution in [0.2, 0.25) is 5.02 Å². The third-order valence-corrected chi connectivity index (χ3v) is 4.35. The number of pyridine rings is 1. The minimum atomic E-state index is -0.927. The van der Waals surface area contributed by atoms with E-state index < -0.39 is 5.97 Å². The number of hydrogen-bond acceptors (Lipinski definition) is 4. The molecule has 1 aromatic heterocycles. The predicted molar refractivity (Wildman–Crippen MR) is 98.0 cm³/mol. The lowest BCUT2D eigenvalue weighted by Crippen LogP contribution is -2.10. The number of nitrogens with zero attached hydrogens (tertiary/aromatic N) is 1. The van der Waals surface area contributed by atoms with Crippen molar-refractivity contribution < 1.29 is 14.6 Å². The first-order valence-corrected chi connectivity index (χ1v) is 8.72. The molecule has 1 aromatic carbocycles. The number of halogens is 1. The molecule has 6 heteroatoms. The van der Waals surface area contributed by atoms with E-state index in [9.17, 15) is 9.90 Å². The maximum Gasteiger partial charge on any atom is 0.336 e. The summed E-state index contributed by atoms with van der Waals surface area (Å²) < 4.78 is 5.88. The summed E-state index contributed by atoms with van der Waals surface area (Å²) in [5, 5.41) is 13.4. The summed E-state index contributed by atoms with van der Waals surface area (Å²) in [6.07, 6.45) is 2.72. The second kappa shape index (κ2) is 7.31. The van der Waals surface area contributed by atoms with Gasteiger partial charge in [-0.2, -0.15) is 0 Å². The first-order valence-electron chi connectivity index (χ1n) is 8.35. The Morgan fingerprint density at radius 1 is 1.40 bits per heavy atom. The third kappa shape index (κ3) is 3.87. The smallest absolute Gasteiger partial charge is 0.336 e. The average Bonchev–Trinajstić information content (AvgIpc) is 3.01. The highest BCUT2D eigenvalue weighted by Crippen LogP contribution is 2.31. The number of carboxylic acids is 1. The second-order valence-electron chi connectivity index (χ2n) is 6.60. The predicted octanol–water partition coefficient (Wildman–Crippen LogP) is 4.03. The maximum atomic E-state index is 11.8. The molecule has 0 saturated heterocycles. The van der Waals surface area contributed by atoms with Crippen molar-refractivity contribution in [3.63, 3.8) is 0 Å². The molecule has 0 spiro atoms. The Bertz CT molecular complexity index is 805. The van der Waals surface area contributed by atoms with Gasteiger partial charge in [-0.25, -0.2) is 9.78 Å². The summed E-state index contributed by atoms with van der Waals surface area (Å²) in [5.41, 5.74) is 2.65. The standard InChI is InChI=1S/C19H21ClN2O3/c1-11(2)10-25-16-4-3-14(20)8-12(16)7-13-9-22-18-15(5-6-21-18)17(13)19(23)24/h3-4,8-9,11H,5-7,10H2,1-2H3,(H,21,22)(H,23,24). The van der Waals surface area contributed by atoms with Crippen LogP contribution in [0.1, 0.15) is 40.9 Å². The molecular weight excluding hydrogens is 340 g/mol. The summed E-state index contributed by atoms with van der Waals surface area (Å²) in [6.45, 7) is 5.46. The number of fused-ring (bicyclic) bond motifs is 1. The molecule has 1 aliphatic rings. The summed E-state index contributed by atoms with van der Waals surface area (Å²) in [5.74, 6) is 0.867. The van der Waals surface area contributed by atoms with Gasteiger partial charge >= 0.3 is 5.97 Å². The van der Waals surface area contributed by atoms with Gasteiger partial charge in [-0.3, -0.25) is 0 Å². The second-order valence-corrected chi connectivity index (χ2v) is 7.04. The quantitative estimate of drug-likeness (QED) is 0.813. The average molecular weight is 361 g/mol. The third-order valence-electron chi connectivity index (χ3n) is 4.12. The van der Waals surface area contributed by atoms with E-state index >= 15 is 0 Å². The fourth-order valence-electron chi connectivity index (χ4n) is 2.99. The lowest BCUT2D eigenvalue weighted by atomic mass is 9.96. The number of anilines is 1. The molecule has 3 rings (SSSR count). The minimum absolute atomic E-state index is 0.338. The molecule has 0 atom stereocenters. The van der Waals surface area contributed by atoms with Gasteiger partial charge in [-0.1, -0.05) is 25.4 Å². The van der Waals surface area contributed by atoms with Crippen LogP contribution in [0.3, 0.4) is 0 Å². The largest absolute Gasteiger partial charge is 0.493 e. The molecule has 1 aliphatic heterocycles. The van der Waals surface area contributed by atoms with Crippen molar-refractivity contribution in [3.8, 4) is 5.75 Å². The molecule has 0 radical (unpaired) electrons. The van der Waals surface area contributed by atoms with Crippen LogP contribution in [-0.4, -0.2) is 29.2 Å². The van der Waals surface area contributed by atoms with Gasteiger partial charge in [0.1, 0.15) is 11.6 Å². The summed E-state index contributed by atoms with van der Waals surface area (Å²) in [6, 6.07) is 5.45. The van der Waals surface area contributed by atoms with E-state index in [-0.39, 0.29) is 0 Å². The van der Waals surface area contributed by atoms with E-state index in [1.807, 2.05) is 12.1 Å². The highest BCUT2D eigenvalue weighted by molar-refractivity contribution is 6.30. The topological polar surface area (TPSA) is 71.5 Å². The molecule has 25 heavy (non-hydrogen) atoms. The van der Waals surface area contributed by atoms with Crippen LogP contribution in [0, 0.1) is 5.92 Å². The van der Waals surface area contributed by atoms with Crippen molar-refractivity contribution in [3.05, 3.63) is 51.7 Å². The fourth-order valence-corrected chi connectivity index (χ4v) is 3.18. The molecule has 2 N–H and O–H groups in total. The van der Waals surface area contributed by atoms with Crippen LogP contribution >= 0.6 is 11.6 Å². The summed E-state index contributed by atoms with van der Waals surface area (Å²) >= 11 is 6.14. The molecule has 0 aliphatic carbocycles. The highest BCUT2D eigenvalue weighted by Gasteiger charge is 2.24. The SMILES string of the molecule is CC(C)COc1ccc(Cl)cc1Cc1cnc2c(c1C(=O)O)CCN2. The Hall–Kier alpha value is -2.27. The van der Waals surface area contributed by atoms with Crippen molar-refractivity contribution in [2.45, 2.75) is 26.7 Å². The van der Waals surface area contributed by atoms with E-state index in [1.165, 1.54) is 0 Å². The molecule has 2 aromatic rings. The van der Waals surface area contributed by atoms with Crippen LogP contribution in [0.25, 0.3) is 0 Å². The zero-order valence-corrected chi connectivity index (χ0v) is 15.1. The lowest BCUT2D eigenvalue weighted by molar-refractivity contribution is 0.0694. The van der Waals surface area contributed by atoms with Gasteiger partial charge in [0.05, 0.1) is 12.2 Å². The van der Waals surface area contributed by atoms with Crippen molar-refractivity contribution in [2.75, 3.05) is 18.5 Å². The van der Waals surface area contributed by atoms with Crippen molar-refractivity contribution >= 4 is 23.4 Å². The molecular formula is C19H21ClN2O3. The molecule has 5 nitrogen and oxygen atoms in total. The maximum absolute atomic E-state index is 11.8. The summed E-state index contributed by atoms with van der Waals surface area (Å²) in [4.78, 5) is 16.2. The number of hydrogen-bond donors (Lipinski definition) is 2. The van der Waals surface area contributed by atoms with Gasteiger partial charge in [-0.05, 0) is 36.1 Å². The van der Waals surface area contributed by atoms with E-state index in [0.717, 1.165) is 16.9 Å². The van der Waals surface area contributed by atoms with Crippen molar-refractivity contribution in [1.82, 2.24) is 4.98 Å². The number of carboxylic acid groups (broad SMARTS) is 1. The fraction of sp³-hybridized carbons (Fsp3) is 0.368. The number of aromatic nitrogens is 1. The number of benzene rings is 1. The van der Waals surface area contributed by atoms with Gasteiger partial charge in [-0.15, -0.1) is 0 Å². The Labute approximate surface area is 152 Å². The monoisotopic (exact) mass is 360 g/mol. The minimum Gasteiger partial charge on any atom is -0.493 e. The summed E-state index contributed by atoms with van der Waals surface area (Å²) in [7, 11) is 0. The zero-order valence-electron chi connectivity index (χ0n) is 14.3. The highest BCUT2D eigenvalue weighted by atomic mass is 35.5. The van der Waals surface area contributed by atoms with Crippen LogP contribution in [-0.2, 0) is 12.8 Å². The van der Waals surface area contributed by atoms with Gasteiger partial charge in [0.2, 0.25) is 0 Å². The molecule has 132 valence electrons. The van der Waals surface area contributed by atoms with Crippen molar-refractivity contribution in [1.29, 1.82) is 0 Å². The molecule has 0 unspecified atom stereocenters. The number of carbonyl (C=O) groups is 1. The number of ether oxygens (including phenoxy) is 1. The molecule has 0 saturated carbocycles. The Morgan fingerprint density at radius 3 is 2.92 bits per heavy atom. The lowest BCUT2D eigenvalue weighted by Gasteiger charge is -2.15. The Kier molecular flexibility index (Phi) is 5.13. The van der Waals surface area contributed by atoms with E-state index in [1.54, 1.807) is 12.3 Å². The van der Waals surface area contributed by atoms with Gasteiger partial charge in [0.25, 0.3) is 0 Å². The Morgan fingerprint density at radius 2 is 2.20 bits per heavy atom. The van der Waals surface area contributed by atoms with Crippen LogP contribution < -0.4 is 10.1 Å². The normalized spacial score (nSPS) is 12.8. The number of nitrogens with one attached hydrogen (secondary N) is 1. The first kappa shape index (κ1) is 17.5. The van der Waals surface area contributed by atoms with Crippen LogP contribution in [0.4, 0.5) is 5.82 Å². The Balaban J connectivity index is 1.97. The molecule has 0 fully saturated rings. The van der Waals surface area contributed by atoms with Crippen LogP contribution in [0.5, 0.6) is 5.75 Å². The van der Waals surface area contributed by atoms with Gasteiger partial charge < -0.3 is 15.2 Å².